The normalized spacial score (nSPS) is 24.7. The van der Waals surface area contributed by atoms with E-state index >= 15 is 0 Å². The number of anilines is 1. The van der Waals surface area contributed by atoms with E-state index in [4.69, 9.17) is 11.6 Å². The summed E-state index contributed by atoms with van der Waals surface area (Å²) in [7, 11) is 0. The molecule has 128 valence electrons. The van der Waals surface area contributed by atoms with Gasteiger partial charge in [0.1, 0.15) is 11.9 Å². The summed E-state index contributed by atoms with van der Waals surface area (Å²) >= 11 is 5.68. The number of nitrogens with one attached hydrogen (secondary N) is 1. The summed E-state index contributed by atoms with van der Waals surface area (Å²) in [6, 6.07) is 2.90. The summed E-state index contributed by atoms with van der Waals surface area (Å²) in [5.41, 5.74) is -0.0345. The first-order chi connectivity index (χ1) is 11.4. The van der Waals surface area contributed by atoms with Crippen LogP contribution in [0.5, 0.6) is 0 Å². The lowest BCUT2D eigenvalue weighted by Gasteiger charge is -2.22. The van der Waals surface area contributed by atoms with Crippen molar-refractivity contribution in [2.24, 2.45) is 11.8 Å². The SMILES string of the molecule is CC(C(=O)Nc1ccc(Cl)cc1F)N1C(=O)C2CCCCC2C1=O. The Morgan fingerprint density at radius 2 is 1.83 bits per heavy atom. The Labute approximate surface area is 144 Å². The second-order valence-corrected chi connectivity index (χ2v) is 6.77. The molecule has 5 nitrogen and oxygen atoms in total. The van der Waals surface area contributed by atoms with Gasteiger partial charge in [0.2, 0.25) is 17.7 Å². The van der Waals surface area contributed by atoms with E-state index in [9.17, 15) is 18.8 Å². The third kappa shape index (κ3) is 2.90. The molecule has 1 saturated carbocycles. The topological polar surface area (TPSA) is 66.5 Å². The minimum Gasteiger partial charge on any atom is -0.322 e. The highest BCUT2D eigenvalue weighted by Gasteiger charge is 2.50. The first kappa shape index (κ1) is 16.9. The molecule has 0 radical (unpaired) electrons. The first-order valence-electron chi connectivity index (χ1n) is 8.03. The number of likely N-dealkylation sites (tertiary alicyclic amines) is 1. The van der Waals surface area contributed by atoms with Crippen LogP contribution in [0.4, 0.5) is 10.1 Å². The summed E-state index contributed by atoms with van der Waals surface area (Å²) in [5.74, 6) is -2.47. The lowest BCUT2D eigenvalue weighted by Crippen LogP contribution is -2.46. The number of benzene rings is 1. The lowest BCUT2D eigenvalue weighted by atomic mass is 9.81. The average Bonchev–Trinajstić information content (AvgIpc) is 2.81. The molecule has 3 atom stereocenters. The average molecular weight is 353 g/mol. The minimum atomic E-state index is -0.981. The molecule has 0 bridgehead atoms. The molecule has 7 heteroatoms. The Bertz CT molecular complexity index is 685. The van der Waals surface area contributed by atoms with Gasteiger partial charge >= 0.3 is 0 Å². The zero-order valence-corrected chi connectivity index (χ0v) is 14.0. The number of hydrogen-bond acceptors (Lipinski definition) is 3. The molecule has 1 aromatic carbocycles. The number of rotatable bonds is 3. The molecule has 0 spiro atoms. The lowest BCUT2D eigenvalue weighted by molar-refractivity contribution is -0.146. The van der Waals surface area contributed by atoms with Crippen molar-refractivity contribution in [3.8, 4) is 0 Å². The molecule has 3 unspecified atom stereocenters. The van der Waals surface area contributed by atoms with Crippen LogP contribution in [0.15, 0.2) is 18.2 Å². The molecule has 1 aromatic rings. The molecule has 0 aromatic heterocycles. The zero-order valence-electron chi connectivity index (χ0n) is 13.2. The second kappa shape index (κ2) is 6.51. The standard InChI is InChI=1S/C17H18ClFN2O3/c1-9(15(22)20-14-7-6-10(18)8-13(14)19)21-16(23)11-4-2-3-5-12(11)17(21)24/h6-9,11-12H,2-5H2,1H3,(H,20,22). The van der Waals surface area contributed by atoms with Crippen LogP contribution in [0, 0.1) is 17.7 Å². The van der Waals surface area contributed by atoms with E-state index in [0.717, 1.165) is 23.8 Å². The van der Waals surface area contributed by atoms with Gasteiger partial charge in [0, 0.05) is 5.02 Å². The summed E-state index contributed by atoms with van der Waals surface area (Å²) in [4.78, 5) is 38.4. The monoisotopic (exact) mass is 352 g/mol. The van der Waals surface area contributed by atoms with Crippen molar-refractivity contribution in [1.29, 1.82) is 0 Å². The third-order valence-corrected chi connectivity index (χ3v) is 5.07. The van der Waals surface area contributed by atoms with Gasteiger partial charge in [-0.05, 0) is 38.0 Å². The van der Waals surface area contributed by atoms with Crippen molar-refractivity contribution in [2.45, 2.75) is 38.6 Å². The van der Waals surface area contributed by atoms with Crippen molar-refractivity contribution in [2.75, 3.05) is 5.32 Å². The van der Waals surface area contributed by atoms with Crippen molar-refractivity contribution < 1.29 is 18.8 Å². The number of amides is 3. The van der Waals surface area contributed by atoms with Crippen molar-refractivity contribution in [1.82, 2.24) is 4.90 Å². The predicted octanol–water partition coefficient (Wildman–Crippen LogP) is 2.98. The van der Waals surface area contributed by atoms with E-state index in [1.54, 1.807) is 0 Å². The molecular weight excluding hydrogens is 335 g/mol. The maximum atomic E-state index is 13.8. The third-order valence-electron chi connectivity index (χ3n) is 4.83. The molecule has 1 aliphatic carbocycles. The maximum Gasteiger partial charge on any atom is 0.247 e. The van der Waals surface area contributed by atoms with E-state index in [2.05, 4.69) is 5.32 Å². The van der Waals surface area contributed by atoms with E-state index < -0.39 is 17.8 Å². The highest BCUT2D eigenvalue weighted by Crippen LogP contribution is 2.39. The van der Waals surface area contributed by atoms with Crippen LogP contribution in [0.3, 0.4) is 0 Å². The van der Waals surface area contributed by atoms with Gasteiger partial charge in [0.25, 0.3) is 0 Å². The minimum absolute atomic E-state index is 0.0345. The largest absolute Gasteiger partial charge is 0.322 e. The summed E-state index contributed by atoms with van der Waals surface area (Å²) < 4.78 is 13.8. The molecule has 3 rings (SSSR count). The molecule has 3 amide bonds. The van der Waals surface area contributed by atoms with Gasteiger partial charge < -0.3 is 5.32 Å². The molecule has 1 saturated heterocycles. The number of nitrogens with zero attached hydrogens (tertiary/aromatic N) is 1. The fraction of sp³-hybridized carbons (Fsp3) is 0.471. The molecular formula is C17H18ClFN2O3. The Morgan fingerprint density at radius 1 is 1.25 bits per heavy atom. The van der Waals surface area contributed by atoms with Gasteiger partial charge in [-0.1, -0.05) is 24.4 Å². The van der Waals surface area contributed by atoms with Crippen molar-refractivity contribution >= 4 is 35.0 Å². The van der Waals surface area contributed by atoms with Crippen LogP contribution in [0.2, 0.25) is 5.02 Å². The van der Waals surface area contributed by atoms with Crippen LogP contribution >= 0.6 is 11.6 Å². The number of carbonyl (C=O) groups is 3. The Balaban J connectivity index is 1.75. The van der Waals surface area contributed by atoms with Gasteiger partial charge in [0.15, 0.2) is 0 Å². The first-order valence-corrected chi connectivity index (χ1v) is 8.40. The quantitative estimate of drug-likeness (QED) is 0.850. The summed E-state index contributed by atoms with van der Waals surface area (Å²) in [6.45, 7) is 1.48. The molecule has 2 aliphatic rings. The molecule has 2 fully saturated rings. The predicted molar refractivity (Wildman–Crippen MR) is 86.8 cm³/mol. The number of fused-ring (bicyclic) bond motifs is 1. The van der Waals surface area contributed by atoms with E-state index in [1.165, 1.54) is 19.1 Å². The van der Waals surface area contributed by atoms with Crippen LogP contribution in [0.1, 0.15) is 32.6 Å². The molecule has 24 heavy (non-hydrogen) atoms. The van der Waals surface area contributed by atoms with Gasteiger partial charge in [-0.2, -0.15) is 0 Å². The second-order valence-electron chi connectivity index (χ2n) is 6.33. The van der Waals surface area contributed by atoms with Crippen LogP contribution < -0.4 is 5.32 Å². The Hall–Kier alpha value is -1.95. The van der Waals surface area contributed by atoms with Gasteiger partial charge in [-0.25, -0.2) is 4.39 Å². The van der Waals surface area contributed by atoms with Crippen LogP contribution in [0.25, 0.3) is 0 Å². The van der Waals surface area contributed by atoms with Gasteiger partial charge in [-0.15, -0.1) is 0 Å². The highest BCUT2D eigenvalue weighted by molar-refractivity contribution is 6.30. The fourth-order valence-corrected chi connectivity index (χ4v) is 3.67. The number of imide groups is 1. The number of hydrogen-bond donors (Lipinski definition) is 1. The molecule has 1 aliphatic heterocycles. The Morgan fingerprint density at radius 3 is 2.38 bits per heavy atom. The van der Waals surface area contributed by atoms with Crippen LogP contribution in [-0.2, 0) is 14.4 Å². The fourth-order valence-electron chi connectivity index (χ4n) is 3.51. The van der Waals surface area contributed by atoms with Crippen LogP contribution in [-0.4, -0.2) is 28.7 Å². The zero-order chi connectivity index (χ0) is 17.4. The molecule has 1 heterocycles. The number of carbonyl (C=O) groups excluding carboxylic acids is 3. The molecule has 1 N–H and O–H groups in total. The maximum absolute atomic E-state index is 13.8. The van der Waals surface area contributed by atoms with Crippen molar-refractivity contribution in [3.05, 3.63) is 29.0 Å². The summed E-state index contributed by atoms with van der Waals surface area (Å²) in [5, 5.41) is 2.63. The number of halogens is 2. The van der Waals surface area contributed by atoms with E-state index in [1.807, 2.05) is 0 Å². The summed E-state index contributed by atoms with van der Waals surface area (Å²) in [6.07, 6.45) is 3.22. The Kier molecular flexibility index (Phi) is 4.58. The van der Waals surface area contributed by atoms with Gasteiger partial charge in [-0.3, -0.25) is 19.3 Å². The van der Waals surface area contributed by atoms with E-state index in [-0.39, 0.29) is 34.4 Å². The van der Waals surface area contributed by atoms with Gasteiger partial charge in [0.05, 0.1) is 17.5 Å². The van der Waals surface area contributed by atoms with Crippen molar-refractivity contribution in [3.63, 3.8) is 0 Å². The smallest absolute Gasteiger partial charge is 0.247 e. The highest BCUT2D eigenvalue weighted by atomic mass is 35.5. The van der Waals surface area contributed by atoms with E-state index in [0.29, 0.717) is 12.8 Å².